The van der Waals surface area contributed by atoms with Crippen molar-refractivity contribution in [2.45, 2.75) is 96.2 Å². The molecule has 0 radical (unpaired) electrons. The first kappa shape index (κ1) is 22.5. The average molecular weight is 420 g/mol. The molecule has 1 aromatic rings. The van der Waals surface area contributed by atoms with Crippen LogP contribution in [0.3, 0.4) is 0 Å². The molecule has 1 aromatic carbocycles. The molecule has 3 atom stereocenters. The Kier molecular flexibility index (Phi) is 6.31. The zero-order valence-corrected chi connectivity index (χ0v) is 20.0. The second-order valence-electron chi connectivity index (χ2n) is 10.3. The van der Waals surface area contributed by atoms with E-state index in [2.05, 4.69) is 46.0 Å². The molecule has 2 aliphatic rings. The Balaban J connectivity index is 1.91. The van der Waals surface area contributed by atoms with E-state index in [0.29, 0.717) is 19.6 Å². The van der Waals surface area contributed by atoms with Crippen LogP contribution in [0.1, 0.15) is 53.0 Å². The van der Waals surface area contributed by atoms with Gasteiger partial charge in [0.05, 0.1) is 18.8 Å². The van der Waals surface area contributed by atoms with Crippen LogP contribution in [0.4, 0.5) is 0 Å². The Morgan fingerprint density at radius 3 is 2.41 bits per heavy atom. The molecular formula is C23H37NO4Si. The van der Waals surface area contributed by atoms with Gasteiger partial charge < -0.3 is 18.8 Å². The molecule has 3 rings (SSSR count). The first-order valence-corrected chi connectivity index (χ1v) is 13.6. The second kappa shape index (κ2) is 8.14. The molecule has 2 saturated heterocycles. The number of carbonyl (C=O) groups excluding carboxylic acids is 1. The minimum atomic E-state index is -2.00. The van der Waals surface area contributed by atoms with Gasteiger partial charge in [0, 0.05) is 13.0 Å². The summed E-state index contributed by atoms with van der Waals surface area (Å²) >= 11 is 0. The molecule has 0 spiro atoms. The fourth-order valence-electron chi connectivity index (χ4n) is 3.93. The van der Waals surface area contributed by atoms with Gasteiger partial charge in [-0.05, 0) is 44.0 Å². The van der Waals surface area contributed by atoms with Crippen molar-refractivity contribution >= 4 is 14.2 Å². The summed E-state index contributed by atoms with van der Waals surface area (Å²) in [5.74, 6) is -0.465. The highest BCUT2D eigenvalue weighted by molar-refractivity contribution is 6.74. The first-order chi connectivity index (χ1) is 13.4. The van der Waals surface area contributed by atoms with E-state index in [9.17, 15) is 4.79 Å². The van der Waals surface area contributed by atoms with E-state index >= 15 is 0 Å². The van der Waals surface area contributed by atoms with E-state index in [-0.39, 0.29) is 29.2 Å². The second-order valence-corrected chi connectivity index (χ2v) is 15.1. The van der Waals surface area contributed by atoms with Gasteiger partial charge in [-0.3, -0.25) is 4.79 Å². The van der Waals surface area contributed by atoms with E-state index in [1.165, 1.54) is 0 Å². The number of hydrogen-bond donors (Lipinski definition) is 0. The van der Waals surface area contributed by atoms with E-state index in [1.54, 1.807) is 0 Å². The van der Waals surface area contributed by atoms with Crippen molar-refractivity contribution in [3.63, 3.8) is 0 Å². The summed E-state index contributed by atoms with van der Waals surface area (Å²) in [7, 11) is -2.00. The Hall–Kier alpha value is -1.21. The maximum Gasteiger partial charge on any atom is 0.223 e. The fourth-order valence-corrected chi connectivity index (χ4v) is 5.30. The van der Waals surface area contributed by atoms with Crippen LogP contribution in [0.15, 0.2) is 30.3 Å². The maximum absolute atomic E-state index is 13.0. The van der Waals surface area contributed by atoms with Crippen LogP contribution in [0.5, 0.6) is 0 Å². The molecule has 0 saturated carbocycles. The Morgan fingerprint density at radius 2 is 1.86 bits per heavy atom. The lowest BCUT2D eigenvalue weighted by molar-refractivity contribution is -0.166. The molecule has 0 aromatic heterocycles. The van der Waals surface area contributed by atoms with Crippen LogP contribution < -0.4 is 0 Å². The van der Waals surface area contributed by atoms with Gasteiger partial charge in [-0.2, -0.15) is 0 Å². The zero-order valence-electron chi connectivity index (χ0n) is 19.0. The molecule has 0 unspecified atom stereocenters. The number of amides is 1. The highest BCUT2D eigenvalue weighted by atomic mass is 28.4. The normalized spacial score (nSPS) is 28.0. The molecule has 2 fully saturated rings. The lowest BCUT2D eigenvalue weighted by atomic mass is 9.93. The summed E-state index contributed by atoms with van der Waals surface area (Å²) in [5, 5.41) is 0.107. The summed E-state index contributed by atoms with van der Waals surface area (Å²) < 4.78 is 19.0. The number of carbonyl (C=O) groups is 1. The highest BCUT2D eigenvalue weighted by Gasteiger charge is 2.50. The molecule has 0 bridgehead atoms. The topological polar surface area (TPSA) is 48.0 Å². The van der Waals surface area contributed by atoms with E-state index in [1.807, 2.05) is 36.9 Å². The van der Waals surface area contributed by atoms with Crippen LogP contribution in [0, 0.1) is 0 Å². The van der Waals surface area contributed by atoms with Gasteiger partial charge in [0.1, 0.15) is 6.10 Å². The van der Waals surface area contributed by atoms with Gasteiger partial charge in [0.2, 0.25) is 5.91 Å². The fraction of sp³-hybridized carbons (Fsp3) is 0.696. The van der Waals surface area contributed by atoms with Gasteiger partial charge in [-0.1, -0.05) is 51.1 Å². The number of hydrogen-bond acceptors (Lipinski definition) is 4. The van der Waals surface area contributed by atoms with Crippen LogP contribution in [-0.2, 0) is 25.2 Å². The third-order valence-corrected chi connectivity index (χ3v) is 11.1. The minimum Gasteiger partial charge on any atom is -0.412 e. The molecule has 6 heteroatoms. The van der Waals surface area contributed by atoms with Gasteiger partial charge in [-0.15, -0.1) is 0 Å². The van der Waals surface area contributed by atoms with E-state index in [0.717, 1.165) is 12.0 Å². The maximum atomic E-state index is 13.0. The van der Waals surface area contributed by atoms with Crippen molar-refractivity contribution in [3.05, 3.63) is 35.9 Å². The molecule has 1 amide bonds. The quantitative estimate of drug-likeness (QED) is 0.648. The molecule has 2 aliphatic heterocycles. The number of piperidine rings is 1. The van der Waals surface area contributed by atoms with Gasteiger partial charge >= 0.3 is 0 Å². The van der Waals surface area contributed by atoms with Crippen LogP contribution >= 0.6 is 0 Å². The third kappa shape index (κ3) is 5.10. The van der Waals surface area contributed by atoms with Gasteiger partial charge in [0.15, 0.2) is 14.1 Å². The lowest BCUT2D eigenvalue weighted by Gasteiger charge is -2.48. The molecule has 29 heavy (non-hydrogen) atoms. The molecular weight excluding hydrogens is 382 g/mol. The number of rotatable bonds is 5. The van der Waals surface area contributed by atoms with Crippen molar-refractivity contribution in [1.82, 2.24) is 4.90 Å². The lowest BCUT2D eigenvalue weighted by Crippen LogP contribution is -2.60. The molecule has 0 N–H and O–H groups in total. The first-order valence-electron chi connectivity index (χ1n) is 10.7. The largest absolute Gasteiger partial charge is 0.412 e. The SMILES string of the molecule is CC1(C)OC[C@H]([C@@H]2[C@@H](O[Si](C)(C)C(C)(C)C)CCC(=O)N2Cc2ccccc2)O1. The minimum absolute atomic E-state index is 0.0418. The van der Waals surface area contributed by atoms with Gasteiger partial charge in [-0.25, -0.2) is 0 Å². The van der Waals surface area contributed by atoms with Crippen molar-refractivity contribution in [2.24, 2.45) is 0 Å². The predicted molar refractivity (Wildman–Crippen MR) is 117 cm³/mol. The summed E-state index contributed by atoms with van der Waals surface area (Å²) in [5.41, 5.74) is 1.12. The highest BCUT2D eigenvalue weighted by Crippen LogP contribution is 2.41. The summed E-state index contributed by atoms with van der Waals surface area (Å²) in [4.78, 5) is 15.0. The number of nitrogens with zero attached hydrogens (tertiary/aromatic N) is 1. The van der Waals surface area contributed by atoms with Crippen LogP contribution in [-0.4, -0.2) is 49.8 Å². The Labute approximate surface area is 176 Å². The van der Waals surface area contributed by atoms with Crippen molar-refractivity contribution < 1.29 is 18.7 Å². The average Bonchev–Trinajstić information content (AvgIpc) is 2.97. The Bertz CT molecular complexity index is 713. The number of ether oxygens (including phenoxy) is 2. The third-order valence-electron chi connectivity index (χ3n) is 6.56. The number of benzene rings is 1. The van der Waals surface area contributed by atoms with Crippen molar-refractivity contribution in [2.75, 3.05) is 6.61 Å². The van der Waals surface area contributed by atoms with E-state index in [4.69, 9.17) is 13.9 Å². The van der Waals surface area contributed by atoms with Gasteiger partial charge in [0.25, 0.3) is 0 Å². The standard InChI is InChI=1S/C23H37NO4Si/c1-22(2,3)29(6,7)28-18-13-14-20(25)24(15-17-11-9-8-10-12-17)21(18)19-16-26-23(4,5)27-19/h8-12,18-19,21H,13-16H2,1-7H3/t18-,19+,21-/m0/s1. The van der Waals surface area contributed by atoms with E-state index < -0.39 is 14.1 Å². The van der Waals surface area contributed by atoms with Crippen LogP contribution in [0.2, 0.25) is 18.1 Å². The Morgan fingerprint density at radius 1 is 1.21 bits per heavy atom. The predicted octanol–water partition coefficient (Wildman–Crippen LogP) is 4.72. The molecule has 0 aliphatic carbocycles. The van der Waals surface area contributed by atoms with Crippen LogP contribution in [0.25, 0.3) is 0 Å². The van der Waals surface area contributed by atoms with Crippen molar-refractivity contribution in [1.29, 1.82) is 0 Å². The smallest absolute Gasteiger partial charge is 0.223 e. The zero-order chi connectivity index (χ0) is 21.4. The summed E-state index contributed by atoms with van der Waals surface area (Å²) in [6, 6.07) is 10.0. The van der Waals surface area contributed by atoms with Crippen molar-refractivity contribution in [3.8, 4) is 0 Å². The monoisotopic (exact) mass is 419 g/mol. The summed E-state index contributed by atoms with van der Waals surface area (Å²) in [6.07, 6.45) is 1.02. The summed E-state index contributed by atoms with van der Waals surface area (Å²) in [6.45, 7) is 16.2. The number of likely N-dealkylation sites (tertiary alicyclic amines) is 1. The molecule has 5 nitrogen and oxygen atoms in total. The molecule has 162 valence electrons. The molecule has 2 heterocycles.